The number of rotatable bonds is 8. The summed E-state index contributed by atoms with van der Waals surface area (Å²) in [6.45, 7) is 4.46. The largest absolute Gasteiger partial charge is 0.481 e. The Labute approximate surface area is 177 Å². The molecule has 2 saturated carbocycles. The smallest absolute Gasteiger partial charge is 0.314 e. The molecular formula is C27H40O2. The molecule has 2 nitrogen and oxygen atoms in total. The second-order valence-electron chi connectivity index (χ2n) is 9.57. The lowest BCUT2D eigenvalue weighted by Crippen LogP contribution is -2.39. The van der Waals surface area contributed by atoms with Crippen LogP contribution in [0.4, 0.5) is 0 Å². The van der Waals surface area contributed by atoms with Gasteiger partial charge < -0.3 is 5.11 Å². The Morgan fingerprint density at radius 3 is 2.21 bits per heavy atom. The van der Waals surface area contributed by atoms with E-state index in [0.717, 1.165) is 37.2 Å². The Morgan fingerprint density at radius 1 is 1.00 bits per heavy atom. The van der Waals surface area contributed by atoms with Crippen molar-refractivity contribution in [2.45, 2.75) is 102 Å². The molecule has 0 bridgehead atoms. The third kappa shape index (κ3) is 5.32. The first-order valence-electron chi connectivity index (χ1n) is 12.1. The van der Waals surface area contributed by atoms with Crippen molar-refractivity contribution >= 4 is 5.97 Å². The number of hydrogen-bond acceptors (Lipinski definition) is 1. The van der Waals surface area contributed by atoms with Crippen LogP contribution in [0.5, 0.6) is 0 Å². The molecule has 0 aromatic heterocycles. The Kier molecular flexibility index (Phi) is 7.98. The van der Waals surface area contributed by atoms with Gasteiger partial charge >= 0.3 is 5.97 Å². The molecule has 1 aromatic rings. The van der Waals surface area contributed by atoms with Crippen molar-refractivity contribution in [1.82, 2.24) is 0 Å². The molecule has 2 aliphatic rings. The zero-order chi connectivity index (χ0) is 20.7. The quantitative estimate of drug-likeness (QED) is 0.459. The van der Waals surface area contributed by atoms with Gasteiger partial charge in [0.25, 0.3) is 0 Å². The van der Waals surface area contributed by atoms with Gasteiger partial charge in [-0.3, -0.25) is 4.79 Å². The molecule has 0 spiro atoms. The maximum absolute atomic E-state index is 12.3. The van der Waals surface area contributed by atoms with E-state index < -0.39 is 11.4 Å². The van der Waals surface area contributed by atoms with Crippen LogP contribution in [0, 0.1) is 11.8 Å². The highest BCUT2D eigenvalue weighted by atomic mass is 16.4. The van der Waals surface area contributed by atoms with Crippen molar-refractivity contribution in [3.8, 4) is 0 Å². The number of benzene rings is 1. The summed E-state index contributed by atoms with van der Waals surface area (Å²) in [5.74, 6) is 1.49. The van der Waals surface area contributed by atoms with Crippen LogP contribution in [-0.4, -0.2) is 11.1 Å². The molecule has 0 heterocycles. The molecule has 2 aliphatic carbocycles. The zero-order valence-corrected chi connectivity index (χ0v) is 18.5. The molecular weight excluding hydrogens is 356 g/mol. The van der Waals surface area contributed by atoms with E-state index in [-0.39, 0.29) is 0 Å². The Hall–Kier alpha value is -1.57. The average molecular weight is 397 g/mol. The van der Waals surface area contributed by atoms with Crippen molar-refractivity contribution in [1.29, 1.82) is 0 Å². The third-order valence-corrected chi connectivity index (χ3v) is 7.64. The van der Waals surface area contributed by atoms with Gasteiger partial charge in [0.1, 0.15) is 0 Å². The Balaban J connectivity index is 1.63. The fraction of sp³-hybridized carbons (Fsp3) is 0.667. The number of carbonyl (C=O) groups is 1. The van der Waals surface area contributed by atoms with E-state index in [1.807, 2.05) is 0 Å². The first-order chi connectivity index (χ1) is 14.1. The van der Waals surface area contributed by atoms with Gasteiger partial charge in [0.2, 0.25) is 0 Å². The number of carboxylic acids is 1. The second-order valence-corrected chi connectivity index (χ2v) is 9.57. The van der Waals surface area contributed by atoms with Gasteiger partial charge in [-0.1, -0.05) is 69.5 Å². The lowest BCUT2D eigenvalue weighted by molar-refractivity contribution is -0.145. The highest BCUT2D eigenvalue weighted by Crippen LogP contribution is 2.44. The number of hydrogen-bond donors (Lipinski definition) is 1. The van der Waals surface area contributed by atoms with Crippen molar-refractivity contribution in [3.63, 3.8) is 0 Å². The minimum atomic E-state index is -0.662. The number of carboxylic acid groups (broad SMARTS) is 1. The Bertz CT molecular complexity index is 656. The third-order valence-electron chi connectivity index (χ3n) is 7.64. The first-order valence-corrected chi connectivity index (χ1v) is 12.1. The van der Waals surface area contributed by atoms with Gasteiger partial charge in [-0.25, -0.2) is 0 Å². The van der Waals surface area contributed by atoms with Crippen molar-refractivity contribution in [2.24, 2.45) is 11.8 Å². The summed E-state index contributed by atoms with van der Waals surface area (Å²) in [5, 5.41) is 10.1. The monoisotopic (exact) mass is 396 g/mol. The van der Waals surface area contributed by atoms with E-state index in [1.54, 1.807) is 0 Å². The summed E-state index contributed by atoms with van der Waals surface area (Å²) in [6, 6.07) is 8.74. The second kappa shape index (κ2) is 10.5. The van der Waals surface area contributed by atoms with Crippen LogP contribution in [0.2, 0.25) is 0 Å². The lowest BCUT2D eigenvalue weighted by atomic mass is 9.65. The molecule has 0 aliphatic heterocycles. The number of allylic oxidation sites excluding steroid dienone is 2. The maximum atomic E-state index is 12.3. The van der Waals surface area contributed by atoms with E-state index in [2.05, 4.69) is 50.3 Å². The van der Waals surface area contributed by atoms with Gasteiger partial charge in [0.05, 0.1) is 5.41 Å². The molecule has 1 N–H and O–H groups in total. The zero-order valence-electron chi connectivity index (χ0n) is 18.5. The van der Waals surface area contributed by atoms with Crippen molar-refractivity contribution < 1.29 is 9.90 Å². The van der Waals surface area contributed by atoms with Gasteiger partial charge in [-0.15, -0.1) is 0 Å². The topological polar surface area (TPSA) is 37.3 Å². The van der Waals surface area contributed by atoms with Crippen LogP contribution in [0.1, 0.15) is 108 Å². The van der Waals surface area contributed by atoms with Gasteiger partial charge in [-0.05, 0) is 86.7 Å². The van der Waals surface area contributed by atoms with E-state index in [4.69, 9.17) is 0 Å². The number of aliphatic carboxylic acids is 1. The minimum absolute atomic E-state index is 0.625. The molecule has 2 heteroatoms. The predicted octanol–water partition coefficient (Wildman–Crippen LogP) is 7.63. The summed E-state index contributed by atoms with van der Waals surface area (Å²) in [6.07, 6.45) is 18.4. The standard InChI is InChI=1S/C27H40O2/c1-3-5-6-8-22-9-11-23(12-10-22)24-13-15-25(16-14-24)27(26(28)29)19-17-21(7-4-2)18-20-27/h6,8,13-16,21-23H,3-5,7,9-12,17-20H2,1-2H3,(H,28,29)/b8-6+. The van der Waals surface area contributed by atoms with Gasteiger partial charge in [-0.2, -0.15) is 0 Å². The van der Waals surface area contributed by atoms with Crippen LogP contribution in [0.3, 0.4) is 0 Å². The van der Waals surface area contributed by atoms with E-state index in [0.29, 0.717) is 11.8 Å². The van der Waals surface area contributed by atoms with E-state index in [9.17, 15) is 9.90 Å². The minimum Gasteiger partial charge on any atom is -0.481 e. The summed E-state index contributed by atoms with van der Waals surface area (Å²) < 4.78 is 0. The SMILES string of the molecule is CCC/C=C/C1CCC(c2ccc(C3(C(=O)O)CCC(CCC)CC3)cc2)CC1. The summed E-state index contributed by atoms with van der Waals surface area (Å²) in [7, 11) is 0. The van der Waals surface area contributed by atoms with Gasteiger partial charge in [0, 0.05) is 0 Å². The molecule has 3 rings (SSSR count). The van der Waals surface area contributed by atoms with E-state index >= 15 is 0 Å². The van der Waals surface area contributed by atoms with Crippen LogP contribution in [0.15, 0.2) is 36.4 Å². The molecule has 0 amide bonds. The molecule has 0 saturated heterocycles. The highest BCUT2D eigenvalue weighted by molar-refractivity contribution is 5.81. The molecule has 0 unspecified atom stereocenters. The summed E-state index contributed by atoms with van der Waals surface area (Å²) in [5.41, 5.74) is 1.77. The fourth-order valence-electron chi connectivity index (χ4n) is 5.67. The lowest BCUT2D eigenvalue weighted by Gasteiger charge is -2.37. The Morgan fingerprint density at radius 2 is 1.66 bits per heavy atom. The maximum Gasteiger partial charge on any atom is 0.314 e. The highest BCUT2D eigenvalue weighted by Gasteiger charge is 2.43. The molecule has 0 atom stereocenters. The number of unbranched alkanes of at least 4 members (excludes halogenated alkanes) is 1. The fourth-order valence-corrected chi connectivity index (χ4v) is 5.67. The molecule has 0 radical (unpaired) electrons. The molecule has 1 aromatic carbocycles. The van der Waals surface area contributed by atoms with Crippen LogP contribution in [-0.2, 0) is 10.2 Å². The summed E-state index contributed by atoms with van der Waals surface area (Å²) >= 11 is 0. The van der Waals surface area contributed by atoms with Crippen LogP contribution < -0.4 is 0 Å². The first kappa shape index (κ1) is 22.1. The van der Waals surface area contributed by atoms with E-state index in [1.165, 1.54) is 56.9 Å². The van der Waals surface area contributed by atoms with Crippen LogP contribution >= 0.6 is 0 Å². The van der Waals surface area contributed by atoms with Crippen molar-refractivity contribution in [3.05, 3.63) is 47.5 Å². The van der Waals surface area contributed by atoms with Gasteiger partial charge in [0.15, 0.2) is 0 Å². The predicted molar refractivity (Wildman–Crippen MR) is 121 cm³/mol. The average Bonchev–Trinajstić information content (AvgIpc) is 2.75. The normalized spacial score (nSPS) is 30.5. The molecule has 160 valence electrons. The molecule has 29 heavy (non-hydrogen) atoms. The van der Waals surface area contributed by atoms with Crippen LogP contribution in [0.25, 0.3) is 0 Å². The summed E-state index contributed by atoms with van der Waals surface area (Å²) in [4.78, 5) is 12.3. The van der Waals surface area contributed by atoms with Crippen molar-refractivity contribution in [2.75, 3.05) is 0 Å². The molecule has 2 fully saturated rings.